The van der Waals surface area contributed by atoms with Crippen LogP contribution in [0.1, 0.15) is 29.5 Å². The van der Waals surface area contributed by atoms with E-state index in [1.807, 2.05) is 6.92 Å². The quantitative estimate of drug-likeness (QED) is 0.669. The Labute approximate surface area is 75.1 Å². The summed E-state index contributed by atoms with van der Waals surface area (Å²) in [7, 11) is 1.28. The minimum absolute atomic E-state index is 0.231. The van der Waals surface area contributed by atoms with Crippen LogP contribution in [0.5, 0.6) is 0 Å². The number of rotatable bonds is 3. The zero-order chi connectivity index (χ0) is 9.84. The Morgan fingerprint density at radius 3 is 2.69 bits per heavy atom. The molecule has 0 aromatic carbocycles. The van der Waals surface area contributed by atoms with E-state index in [0.29, 0.717) is 12.1 Å². The van der Waals surface area contributed by atoms with Gasteiger partial charge in [0.1, 0.15) is 5.69 Å². The lowest BCUT2D eigenvalue weighted by Crippen LogP contribution is -2.07. The fourth-order valence-corrected chi connectivity index (χ4v) is 1.13. The lowest BCUT2D eigenvalue weighted by Gasteiger charge is -1.98. The Morgan fingerprint density at radius 2 is 2.15 bits per heavy atom. The van der Waals surface area contributed by atoms with Gasteiger partial charge in [0.2, 0.25) is 0 Å². The maximum absolute atomic E-state index is 11.1. The van der Waals surface area contributed by atoms with E-state index in [-0.39, 0.29) is 11.4 Å². The molecule has 0 fully saturated rings. The van der Waals surface area contributed by atoms with Gasteiger partial charge in [-0.15, -0.1) is 0 Å². The average molecular weight is 184 g/mol. The van der Waals surface area contributed by atoms with Crippen molar-refractivity contribution in [2.24, 2.45) is 0 Å². The molecule has 0 aliphatic rings. The third-order valence-electron chi connectivity index (χ3n) is 1.69. The number of hydrogen-bond acceptors (Lipinski definition) is 3. The smallest absolute Gasteiger partial charge is 0.356 e. The monoisotopic (exact) mass is 184 g/mol. The van der Waals surface area contributed by atoms with Crippen LogP contribution in [0.2, 0.25) is 0 Å². The van der Waals surface area contributed by atoms with Crippen LogP contribution in [-0.2, 0) is 11.2 Å². The fourth-order valence-electron chi connectivity index (χ4n) is 1.13. The maximum Gasteiger partial charge on any atom is 0.356 e. The molecule has 0 aliphatic carbocycles. The number of aromatic amines is 2. The zero-order valence-corrected chi connectivity index (χ0v) is 7.64. The van der Waals surface area contributed by atoms with Gasteiger partial charge in [-0.1, -0.05) is 13.3 Å². The van der Waals surface area contributed by atoms with E-state index in [9.17, 15) is 9.59 Å². The van der Waals surface area contributed by atoms with Gasteiger partial charge in [-0.05, 0) is 6.42 Å². The van der Waals surface area contributed by atoms with Crippen molar-refractivity contribution < 1.29 is 9.53 Å². The summed E-state index contributed by atoms with van der Waals surface area (Å²) in [6.07, 6.45) is 1.51. The van der Waals surface area contributed by atoms with E-state index in [1.165, 1.54) is 7.11 Å². The summed E-state index contributed by atoms with van der Waals surface area (Å²) in [6, 6.07) is 0. The number of methoxy groups -OCH3 is 1. The van der Waals surface area contributed by atoms with Gasteiger partial charge in [-0.2, -0.15) is 0 Å². The predicted molar refractivity (Wildman–Crippen MR) is 46.7 cm³/mol. The van der Waals surface area contributed by atoms with Crippen molar-refractivity contribution in [1.29, 1.82) is 0 Å². The summed E-state index contributed by atoms with van der Waals surface area (Å²) in [6.45, 7) is 1.96. The number of H-pyrrole nitrogens is 2. The molecule has 5 heteroatoms. The molecule has 1 heterocycles. The van der Waals surface area contributed by atoms with E-state index < -0.39 is 5.97 Å². The highest BCUT2D eigenvalue weighted by molar-refractivity contribution is 5.88. The largest absolute Gasteiger partial charge is 0.464 e. The molecule has 0 aliphatic heterocycles. The molecule has 0 amide bonds. The van der Waals surface area contributed by atoms with Crippen molar-refractivity contribution in [1.82, 2.24) is 9.97 Å². The molecule has 5 nitrogen and oxygen atoms in total. The van der Waals surface area contributed by atoms with Crippen LogP contribution in [0, 0.1) is 0 Å². The van der Waals surface area contributed by atoms with Gasteiger partial charge in [0.05, 0.1) is 12.8 Å². The van der Waals surface area contributed by atoms with Crippen LogP contribution < -0.4 is 5.69 Å². The number of imidazole rings is 1. The van der Waals surface area contributed by atoms with E-state index in [1.54, 1.807) is 0 Å². The molecule has 0 atom stereocenters. The molecule has 72 valence electrons. The summed E-state index contributed by atoms with van der Waals surface area (Å²) in [5, 5.41) is 0. The molecule has 0 saturated carbocycles. The number of hydrogen-bond donors (Lipinski definition) is 2. The number of carbonyl (C=O) groups is 1. The molecule has 0 spiro atoms. The SMILES string of the molecule is CCCc1[nH]c(=O)[nH]c1C(=O)OC. The lowest BCUT2D eigenvalue weighted by atomic mass is 10.2. The molecule has 0 bridgehead atoms. The summed E-state index contributed by atoms with van der Waals surface area (Å²) in [5.74, 6) is -0.512. The van der Waals surface area contributed by atoms with Crippen LogP contribution in [0.3, 0.4) is 0 Å². The van der Waals surface area contributed by atoms with Crippen LogP contribution in [0.15, 0.2) is 4.79 Å². The minimum atomic E-state index is -0.512. The second kappa shape index (κ2) is 3.93. The highest BCUT2D eigenvalue weighted by Crippen LogP contribution is 2.04. The Morgan fingerprint density at radius 1 is 1.46 bits per heavy atom. The summed E-state index contributed by atoms with van der Waals surface area (Å²) >= 11 is 0. The van der Waals surface area contributed by atoms with Crippen LogP contribution in [0.4, 0.5) is 0 Å². The molecule has 1 aromatic heterocycles. The molecule has 1 rings (SSSR count). The molecular weight excluding hydrogens is 172 g/mol. The number of ether oxygens (including phenoxy) is 1. The number of aryl methyl sites for hydroxylation is 1. The van der Waals surface area contributed by atoms with Gasteiger partial charge in [-0.3, -0.25) is 4.98 Å². The number of nitrogens with one attached hydrogen (secondary N) is 2. The van der Waals surface area contributed by atoms with Gasteiger partial charge in [0.15, 0.2) is 0 Å². The summed E-state index contributed by atoms with van der Waals surface area (Å²) < 4.78 is 4.51. The van der Waals surface area contributed by atoms with Gasteiger partial charge in [0.25, 0.3) is 0 Å². The van der Waals surface area contributed by atoms with E-state index in [0.717, 1.165) is 6.42 Å². The standard InChI is InChI=1S/C8H12N2O3/c1-3-4-5-6(7(11)13-2)10-8(12)9-5/h3-4H2,1-2H3,(H2,9,10,12). The number of aromatic nitrogens is 2. The first kappa shape index (κ1) is 9.57. The minimum Gasteiger partial charge on any atom is -0.464 e. The highest BCUT2D eigenvalue weighted by atomic mass is 16.5. The van der Waals surface area contributed by atoms with Gasteiger partial charge in [0, 0.05) is 0 Å². The normalized spacial score (nSPS) is 10.0. The summed E-state index contributed by atoms with van der Waals surface area (Å²) in [5.41, 5.74) is 0.470. The van der Waals surface area contributed by atoms with Crippen molar-refractivity contribution in [3.05, 3.63) is 21.9 Å². The third kappa shape index (κ3) is 1.99. The average Bonchev–Trinajstić information content (AvgIpc) is 2.46. The first-order valence-corrected chi connectivity index (χ1v) is 4.08. The molecule has 0 unspecified atom stereocenters. The van der Waals surface area contributed by atoms with Gasteiger partial charge < -0.3 is 9.72 Å². The first-order chi connectivity index (χ1) is 6.19. The zero-order valence-electron chi connectivity index (χ0n) is 7.64. The molecular formula is C8H12N2O3. The Kier molecular flexibility index (Phi) is 2.89. The van der Waals surface area contributed by atoms with Crippen molar-refractivity contribution in [3.63, 3.8) is 0 Å². The predicted octanol–water partition coefficient (Wildman–Crippen LogP) is 0.442. The Hall–Kier alpha value is -1.52. The van der Waals surface area contributed by atoms with Gasteiger partial charge >= 0.3 is 11.7 Å². The van der Waals surface area contributed by atoms with Crippen LogP contribution in [-0.4, -0.2) is 23.0 Å². The van der Waals surface area contributed by atoms with Crippen LogP contribution >= 0.6 is 0 Å². The van der Waals surface area contributed by atoms with Crippen LogP contribution in [0.25, 0.3) is 0 Å². The topological polar surface area (TPSA) is 75.0 Å². The maximum atomic E-state index is 11.1. The second-order valence-electron chi connectivity index (χ2n) is 2.67. The first-order valence-electron chi connectivity index (χ1n) is 4.08. The molecule has 1 aromatic rings. The van der Waals surface area contributed by atoms with E-state index >= 15 is 0 Å². The third-order valence-corrected chi connectivity index (χ3v) is 1.69. The van der Waals surface area contributed by atoms with Crippen molar-refractivity contribution in [2.45, 2.75) is 19.8 Å². The molecule has 2 N–H and O–H groups in total. The Bertz CT molecular complexity index is 351. The van der Waals surface area contributed by atoms with Crippen molar-refractivity contribution in [3.8, 4) is 0 Å². The second-order valence-corrected chi connectivity index (χ2v) is 2.67. The fraction of sp³-hybridized carbons (Fsp3) is 0.500. The molecule has 0 saturated heterocycles. The highest BCUT2D eigenvalue weighted by Gasteiger charge is 2.14. The van der Waals surface area contributed by atoms with Crippen molar-refractivity contribution >= 4 is 5.97 Å². The molecule has 0 radical (unpaired) electrons. The Balaban J connectivity index is 3.04. The van der Waals surface area contributed by atoms with E-state index in [2.05, 4.69) is 14.7 Å². The van der Waals surface area contributed by atoms with Crippen molar-refractivity contribution in [2.75, 3.05) is 7.11 Å². The van der Waals surface area contributed by atoms with Gasteiger partial charge in [-0.25, -0.2) is 9.59 Å². The number of esters is 1. The van der Waals surface area contributed by atoms with E-state index in [4.69, 9.17) is 0 Å². The summed E-state index contributed by atoms with van der Waals surface area (Å²) in [4.78, 5) is 26.9. The lowest BCUT2D eigenvalue weighted by molar-refractivity contribution is 0.0593. The molecule has 13 heavy (non-hydrogen) atoms. The number of carbonyl (C=O) groups excluding carboxylic acids is 1.